The molecule has 102 valence electrons. The van der Waals surface area contributed by atoms with Gasteiger partial charge in [-0.15, -0.1) is 0 Å². The fraction of sp³-hybridized carbons (Fsp3) is 0.200. The Kier molecular flexibility index (Phi) is 4.85. The van der Waals surface area contributed by atoms with E-state index in [1.165, 1.54) is 11.8 Å². The molecule has 4 nitrogen and oxygen atoms in total. The number of thioether (sulfide) groups is 1. The van der Waals surface area contributed by atoms with E-state index in [4.69, 9.17) is 10.00 Å². The standard InChI is InChI=1S/C15H15N3OS/c1-3-19-14-7-5-11-8-13(6-4-12(11)9-14)18-15(20-2)17-10-16/h4-9H,3H2,1-2H3,(H,17,18). The van der Waals surface area contributed by atoms with Crippen LogP contribution in [0.5, 0.6) is 5.75 Å². The SMILES string of the molecule is CCOc1ccc2cc(N=C(NC#N)SC)ccc2c1. The summed E-state index contributed by atoms with van der Waals surface area (Å²) in [5.74, 6) is 0.868. The third-order valence-electron chi connectivity index (χ3n) is 2.69. The van der Waals surface area contributed by atoms with Gasteiger partial charge in [0.1, 0.15) is 5.75 Å². The van der Waals surface area contributed by atoms with Gasteiger partial charge in [-0.1, -0.05) is 23.9 Å². The maximum Gasteiger partial charge on any atom is 0.183 e. The first-order chi connectivity index (χ1) is 9.76. The van der Waals surface area contributed by atoms with Gasteiger partial charge in [-0.2, -0.15) is 5.26 Å². The zero-order valence-electron chi connectivity index (χ0n) is 11.4. The van der Waals surface area contributed by atoms with E-state index in [0.717, 1.165) is 22.2 Å². The minimum Gasteiger partial charge on any atom is -0.494 e. The maximum atomic E-state index is 8.63. The lowest BCUT2D eigenvalue weighted by molar-refractivity contribution is 0.341. The minimum atomic E-state index is 0.581. The third kappa shape index (κ3) is 3.43. The van der Waals surface area contributed by atoms with Crippen LogP contribution in [0, 0.1) is 11.5 Å². The fourth-order valence-electron chi connectivity index (χ4n) is 1.83. The average molecular weight is 285 g/mol. The number of nitriles is 1. The second kappa shape index (κ2) is 6.83. The number of fused-ring (bicyclic) bond motifs is 1. The Balaban J connectivity index is 2.34. The lowest BCUT2D eigenvalue weighted by atomic mass is 10.1. The van der Waals surface area contributed by atoms with Gasteiger partial charge in [-0.3, -0.25) is 5.32 Å². The molecule has 5 heteroatoms. The number of benzene rings is 2. The van der Waals surface area contributed by atoms with Gasteiger partial charge in [0.05, 0.1) is 12.3 Å². The van der Waals surface area contributed by atoms with Gasteiger partial charge in [0.25, 0.3) is 0 Å². The number of ether oxygens (including phenoxy) is 1. The first-order valence-corrected chi connectivity index (χ1v) is 7.43. The number of hydrogen-bond acceptors (Lipinski definition) is 4. The van der Waals surface area contributed by atoms with E-state index in [9.17, 15) is 0 Å². The van der Waals surface area contributed by atoms with E-state index in [1.807, 2.05) is 55.8 Å². The molecule has 0 aliphatic carbocycles. The van der Waals surface area contributed by atoms with Crippen molar-refractivity contribution in [1.29, 1.82) is 5.26 Å². The van der Waals surface area contributed by atoms with E-state index in [-0.39, 0.29) is 0 Å². The highest BCUT2D eigenvalue weighted by molar-refractivity contribution is 8.13. The average Bonchev–Trinajstić information content (AvgIpc) is 2.47. The summed E-state index contributed by atoms with van der Waals surface area (Å²) in [6.45, 7) is 2.62. The van der Waals surface area contributed by atoms with Crippen LogP contribution in [0.1, 0.15) is 6.92 Å². The van der Waals surface area contributed by atoms with Crippen molar-refractivity contribution in [1.82, 2.24) is 5.32 Å². The molecule has 0 bridgehead atoms. The highest BCUT2D eigenvalue weighted by Gasteiger charge is 2.00. The molecule has 0 amide bonds. The Morgan fingerprint density at radius 3 is 2.75 bits per heavy atom. The number of nitrogens with one attached hydrogen (secondary N) is 1. The van der Waals surface area contributed by atoms with E-state index >= 15 is 0 Å². The number of hydrogen-bond donors (Lipinski definition) is 1. The number of amidine groups is 1. The minimum absolute atomic E-state index is 0.581. The lowest BCUT2D eigenvalue weighted by Gasteiger charge is -2.06. The van der Waals surface area contributed by atoms with E-state index in [0.29, 0.717) is 11.8 Å². The quantitative estimate of drug-likeness (QED) is 0.405. The molecule has 20 heavy (non-hydrogen) atoms. The van der Waals surface area contributed by atoms with Gasteiger partial charge in [0.2, 0.25) is 0 Å². The van der Waals surface area contributed by atoms with Crippen molar-refractivity contribution in [2.24, 2.45) is 4.99 Å². The number of aliphatic imine (C=N–C) groups is 1. The molecule has 0 heterocycles. The van der Waals surface area contributed by atoms with Crippen LogP contribution in [0.25, 0.3) is 10.8 Å². The molecule has 1 N–H and O–H groups in total. The third-order valence-corrected chi connectivity index (χ3v) is 3.27. The largest absolute Gasteiger partial charge is 0.494 e. The molecule has 0 radical (unpaired) electrons. The molecule has 0 aliphatic heterocycles. The summed E-state index contributed by atoms with van der Waals surface area (Å²) in [7, 11) is 0. The normalized spacial score (nSPS) is 11.2. The van der Waals surface area contributed by atoms with E-state index < -0.39 is 0 Å². The van der Waals surface area contributed by atoms with Crippen LogP contribution >= 0.6 is 11.8 Å². The molecular weight excluding hydrogens is 270 g/mol. The molecule has 0 atom stereocenters. The molecular formula is C15H15N3OS. The van der Waals surface area contributed by atoms with Gasteiger partial charge >= 0.3 is 0 Å². The smallest absolute Gasteiger partial charge is 0.183 e. The number of nitrogens with zero attached hydrogens (tertiary/aromatic N) is 2. The molecule has 0 unspecified atom stereocenters. The Hall–Kier alpha value is -2.19. The molecule has 2 rings (SSSR count). The summed E-state index contributed by atoms with van der Waals surface area (Å²) in [5.41, 5.74) is 0.814. The Bertz CT molecular complexity index is 676. The van der Waals surface area contributed by atoms with Crippen LogP contribution in [0.3, 0.4) is 0 Å². The first-order valence-electron chi connectivity index (χ1n) is 6.21. The summed E-state index contributed by atoms with van der Waals surface area (Å²) in [6.07, 6.45) is 3.75. The van der Waals surface area contributed by atoms with E-state index in [1.54, 1.807) is 0 Å². The van der Waals surface area contributed by atoms with Crippen molar-refractivity contribution in [2.75, 3.05) is 12.9 Å². The first kappa shape index (κ1) is 14.2. The molecule has 2 aromatic rings. The number of rotatable bonds is 3. The van der Waals surface area contributed by atoms with Crippen molar-refractivity contribution in [2.45, 2.75) is 6.92 Å². The second-order valence-corrected chi connectivity index (χ2v) is 4.78. The summed E-state index contributed by atoms with van der Waals surface area (Å²) in [5, 5.41) is 14.0. The van der Waals surface area contributed by atoms with Crippen LogP contribution in [0.15, 0.2) is 41.4 Å². The fourth-order valence-corrected chi connectivity index (χ4v) is 2.17. The molecule has 0 saturated heterocycles. The van der Waals surface area contributed by atoms with Crippen molar-refractivity contribution in [3.8, 4) is 11.9 Å². The van der Waals surface area contributed by atoms with Gasteiger partial charge in [0.15, 0.2) is 11.4 Å². The van der Waals surface area contributed by atoms with Crippen LogP contribution in [-0.2, 0) is 0 Å². The van der Waals surface area contributed by atoms with Gasteiger partial charge < -0.3 is 4.74 Å². The van der Waals surface area contributed by atoms with Crippen LogP contribution in [0.4, 0.5) is 5.69 Å². The Morgan fingerprint density at radius 1 is 1.30 bits per heavy atom. The van der Waals surface area contributed by atoms with Gasteiger partial charge in [0, 0.05) is 0 Å². The summed E-state index contributed by atoms with van der Waals surface area (Å²) in [6, 6.07) is 11.9. The van der Waals surface area contributed by atoms with Crippen molar-refractivity contribution >= 4 is 33.4 Å². The van der Waals surface area contributed by atoms with Crippen molar-refractivity contribution in [3.63, 3.8) is 0 Å². The molecule has 0 spiro atoms. The molecule has 0 aliphatic rings. The topological polar surface area (TPSA) is 57.4 Å². The molecule has 0 fully saturated rings. The summed E-state index contributed by atoms with van der Waals surface area (Å²) >= 11 is 1.40. The van der Waals surface area contributed by atoms with Gasteiger partial charge in [-0.05, 0) is 48.2 Å². The molecule has 2 aromatic carbocycles. The highest BCUT2D eigenvalue weighted by Crippen LogP contribution is 2.25. The predicted octanol–water partition coefficient (Wildman–Crippen LogP) is 3.66. The summed E-state index contributed by atoms with van der Waals surface area (Å²) < 4.78 is 5.48. The van der Waals surface area contributed by atoms with Crippen LogP contribution in [0.2, 0.25) is 0 Å². The Morgan fingerprint density at radius 2 is 2.05 bits per heavy atom. The molecule has 0 saturated carbocycles. The van der Waals surface area contributed by atoms with Gasteiger partial charge in [-0.25, -0.2) is 4.99 Å². The van der Waals surface area contributed by atoms with Crippen LogP contribution in [-0.4, -0.2) is 18.0 Å². The van der Waals surface area contributed by atoms with E-state index in [2.05, 4.69) is 10.3 Å². The van der Waals surface area contributed by atoms with Crippen molar-refractivity contribution < 1.29 is 4.74 Å². The second-order valence-electron chi connectivity index (χ2n) is 3.98. The highest BCUT2D eigenvalue weighted by atomic mass is 32.2. The van der Waals surface area contributed by atoms with Crippen molar-refractivity contribution in [3.05, 3.63) is 36.4 Å². The maximum absolute atomic E-state index is 8.63. The predicted molar refractivity (Wildman–Crippen MR) is 84.5 cm³/mol. The molecule has 0 aromatic heterocycles. The monoisotopic (exact) mass is 285 g/mol. The zero-order valence-corrected chi connectivity index (χ0v) is 12.2. The summed E-state index contributed by atoms with van der Waals surface area (Å²) in [4.78, 5) is 4.39. The Labute approximate surface area is 122 Å². The zero-order chi connectivity index (χ0) is 14.4. The van der Waals surface area contributed by atoms with Crippen LogP contribution < -0.4 is 10.1 Å². The lowest BCUT2D eigenvalue weighted by Crippen LogP contribution is -2.12.